The molecule has 0 radical (unpaired) electrons. The van der Waals surface area contributed by atoms with Gasteiger partial charge in [0.15, 0.2) is 0 Å². The van der Waals surface area contributed by atoms with Crippen molar-refractivity contribution in [3.63, 3.8) is 0 Å². The van der Waals surface area contributed by atoms with Gasteiger partial charge in [-0.05, 0) is 37.3 Å². The summed E-state index contributed by atoms with van der Waals surface area (Å²) in [5.74, 6) is 0.801. The molecule has 3 heterocycles. The first-order chi connectivity index (χ1) is 9.67. The third kappa shape index (κ3) is 2.80. The summed E-state index contributed by atoms with van der Waals surface area (Å²) in [7, 11) is 1.95. The van der Waals surface area contributed by atoms with Crippen LogP contribution in [0, 0.1) is 0 Å². The number of likely N-dealkylation sites (tertiary alicyclic amines) is 1. The zero-order chi connectivity index (χ0) is 14.0. The zero-order valence-electron chi connectivity index (χ0n) is 11.8. The largest absolute Gasteiger partial charge is 0.382 e. The Kier molecular flexibility index (Phi) is 3.92. The third-order valence-corrected chi connectivity index (χ3v) is 4.96. The first kappa shape index (κ1) is 13.8. The average molecular weight is 291 g/mol. The Bertz CT molecular complexity index is 551. The highest BCUT2D eigenvalue weighted by Crippen LogP contribution is 2.32. The van der Waals surface area contributed by atoms with Crippen LogP contribution in [-0.4, -0.2) is 32.6 Å². The lowest BCUT2D eigenvalue weighted by Gasteiger charge is -2.26. The second-order valence-electron chi connectivity index (χ2n) is 5.60. The number of aliphatic hydroxyl groups is 1. The first-order valence-corrected chi connectivity index (χ1v) is 8.00. The number of imidazole rings is 1. The molecule has 1 atom stereocenters. The van der Waals surface area contributed by atoms with Gasteiger partial charge in [0.1, 0.15) is 11.4 Å². The Morgan fingerprint density at radius 3 is 3.00 bits per heavy atom. The van der Waals surface area contributed by atoms with Gasteiger partial charge in [0.25, 0.3) is 0 Å². The zero-order valence-corrected chi connectivity index (χ0v) is 12.6. The van der Waals surface area contributed by atoms with Gasteiger partial charge in [-0.15, -0.1) is 11.3 Å². The molecule has 3 rings (SSSR count). The summed E-state index contributed by atoms with van der Waals surface area (Å²) in [6.45, 7) is 2.96. The van der Waals surface area contributed by atoms with Crippen molar-refractivity contribution in [1.82, 2.24) is 14.5 Å². The van der Waals surface area contributed by atoms with Gasteiger partial charge in [-0.1, -0.05) is 6.07 Å². The molecular weight excluding hydrogens is 270 g/mol. The van der Waals surface area contributed by atoms with Crippen LogP contribution in [0.2, 0.25) is 0 Å². The van der Waals surface area contributed by atoms with Crippen LogP contribution in [-0.2, 0) is 19.2 Å². The number of hydrogen-bond acceptors (Lipinski definition) is 4. The summed E-state index contributed by atoms with van der Waals surface area (Å²) in [6, 6.07) is 4.28. The number of hydrogen-bond donors (Lipinski definition) is 1. The topological polar surface area (TPSA) is 41.3 Å². The predicted octanol–water partition coefficient (Wildman–Crippen LogP) is 2.36. The molecule has 0 saturated carbocycles. The molecule has 5 heteroatoms. The number of nitrogens with zero attached hydrogens (tertiary/aromatic N) is 3. The number of thiophene rings is 1. The van der Waals surface area contributed by atoms with Crippen LogP contribution in [0.25, 0.3) is 0 Å². The molecule has 0 amide bonds. The molecule has 1 N–H and O–H groups in total. The molecule has 1 unspecified atom stereocenters. The lowest BCUT2D eigenvalue weighted by atomic mass is 9.94. The maximum atomic E-state index is 10.9. The van der Waals surface area contributed by atoms with Gasteiger partial charge in [-0.2, -0.15) is 0 Å². The predicted molar refractivity (Wildman–Crippen MR) is 80.6 cm³/mol. The minimum atomic E-state index is -0.775. The van der Waals surface area contributed by atoms with E-state index in [1.807, 2.05) is 17.8 Å². The van der Waals surface area contributed by atoms with Crippen LogP contribution in [0.15, 0.2) is 29.9 Å². The fraction of sp³-hybridized carbons (Fsp3) is 0.533. The highest BCUT2D eigenvalue weighted by atomic mass is 32.1. The molecule has 1 saturated heterocycles. The normalized spacial score (nSPS) is 24.7. The van der Waals surface area contributed by atoms with E-state index in [0.29, 0.717) is 0 Å². The van der Waals surface area contributed by atoms with Crippen LogP contribution in [0.1, 0.15) is 30.0 Å². The molecule has 20 heavy (non-hydrogen) atoms. The van der Waals surface area contributed by atoms with E-state index in [0.717, 1.165) is 44.7 Å². The van der Waals surface area contributed by atoms with Crippen molar-refractivity contribution < 1.29 is 5.11 Å². The molecule has 2 aromatic rings. The van der Waals surface area contributed by atoms with Crippen molar-refractivity contribution in [1.29, 1.82) is 0 Å². The van der Waals surface area contributed by atoms with Crippen LogP contribution in [0.3, 0.4) is 0 Å². The maximum Gasteiger partial charge on any atom is 0.140 e. The molecule has 0 bridgehead atoms. The Labute approximate surface area is 123 Å². The average Bonchev–Trinajstić information content (AvgIpc) is 3.03. The van der Waals surface area contributed by atoms with E-state index in [2.05, 4.69) is 27.4 Å². The molecular formula is C15H21N3OS. The van der Waals surface area contributed by atoms with E-state index in [9.17, 15) is 5.11 Å². The van der Waals surface area contributed by atoms with Crippen molar-refractivity contribution in [3.8, 4) is 0 Å². The van der Waals surface area contributed by atoms with E-state index < -0.39 is 5.60 Å². The minimum Gasteiger partial charge on any atom is -0.382 e. The Morgan fingerprint density at radius 2 is 2.30 bits per heavy atom. The molecule has 0 aromatic carbocycles. The van der Waals surface area contributed by atoms with Gasteiger partial charge in [0, 0.05) is 37.4 Å². The summed E-state index contributed by atoms with van der Waals surface area (Å²) in [4.78, 5) is 8.18. The second-order valence-corrected chi connectivity index (χ2v) is 6.63. The monoisotopic (exact) mass is 291 g/mol. The van der Waals surface area contributed by atoms with Crippen molar-refractivity contribution >= 4 is 11.3 Å². The molecule has 1 aliphatic rings. The first-order valence-electron chi connectivity index (χ1n) is 7.12. The lowest BCUT2D eigenvalue weighted by Crippen LogP contribution is -2.31. The molecule has 0 spiro atoms. The Hall–Kier alpha value is -1.17. The van der Waals surface area contributed by atoms with Crippen molar-refractivity contribution in [2.75, 3.05) is 13.1 Å². The highest BCUT2D eigenvalue weighted by molar-refractivity contribution is 7.09. The van der Waals surface area contributed by atoms with E-state index in [-0.39, 0.29) is 0 Å². The van der Waals surface area contributed by atoms with Crippen LogP contribution >= 0.6 is 11.3 Å². The van der Waals surface area contributed by atoms with E-state index >= 15 is 0 Å². The van der Waals surface area contributed by atoms with E-state index in [4.69, 9.17) is 0 Å². The summed E-state index contributed by atoms with van der Waals surface area (Å²) in [5.41, 5.74) is -0.775. The van der Waals surface area contributed by atoms with E-state index in [1.165, 1.54) is 4.88 Å². The van der Waals surface area contributed by atoms with Gasteiger partial charge in [0.2, 0.25) is 0 Å². The van der Waals surface area contributed by atoms with Crippen molar-refractivity contribution in [3.05, 3.63) is 40.6 Å². The van der Waals surface area contributed by atoms with Gasteiger partial charge in [-0.25, -0.2) is 4.98 Å². The summed E-state index contributed by atoms with van der Waals surface area (Å²) in [5, 5.41) is 13.1. The number of aryl methyl sites for hydroxylation is 1. The van der Waals surface area contributed by atoms with Gasteiger partial charge in [0.05, 0.1) is 0 Å². The lowest BCUT2D eigenvalue weighted by molar-refractivity contribution is 0.00975. The fourth-order valence-corrected chi connectivity index (χ4v) is 3.74. The van der Waals surface area contributed by atoms with Crippen LogP contribution in [0.5, 0.6) is 0 Å². The summed E-state index contributed by atoms with van der Waals surface area (Å²) in [6.07, 6.45) is 6.22. The van der Waals surface area contributed by atoms with Gasteiger partial charge >= 0.3 is 0 Å². The van der Waals surface area contributed by atoms with E-state index in [1.54, 1.807) is 17.5 Å². The molecule has 4 nitrogen and oxygen atoms in total. The molecule has 108 valence electrons. The van der Waals surface area contributed by atoms with Crippen LogP contribution in [0.4, 0.5) is 0 Å². The van der Waals surface area contributed by atoms with Crippen molar-refractivity contribution in [2.45, 2.75) is 31.4 Å². The van der Waals surface area contributed by atoms with Crippen molar-refractivity contribution in [2.24, 2.45) is 7.05 Å². The van der Waals surface area contributed by atoms with Gasteiger partial charge in [-0.3, -0.25) is 4.90 Å². The maximum absolute atomic E-state index is 10.9. The third-order valence-electron chi connectivity index (χ3n) is 4.10. The number of aromatic nitrogens is 2. The molecule has 1 aliphatic heterocycles. The highest BCUT2D eigenvalue weighted by Gasteiger charge is 2.35. The van der Waals surface area contributed by atoms with Crippen LogP contribution < -0.4 is 0 Å². The standard InChI is InChI=1S/C15H21N3OS/c1-17-10-7-16-14(17)15(19)5-3-8-18(9-6-15)12-13-4-2-11-20-13/h2,4,7,10-11,19H,3,5-6,8-9,12H2,1H3. The van der Waals surface area contributed by atoms with Gasteiger partial charge < -0.3 is 9.67 Å². The Morgan fingerprint density at radius 1 is 1.40 bits per heavy atom. The fourth-order valence-electron chi connectivity index (χ4n) is 2.99. The smallest absolute Gasteiger partial charge is 0.140 e. The molecule has 0 aliphatic carbocycles. The Balaban J connectivity index is 1.69. The quantitative estimate of drug-likeness (QED) is 0.944. The minimum absolute atomic E-state index is 0.753. The molecule has 2 aromatic heterocycles. The second kappa shape index (κ2) is 5.68. The SMILES string of the molecule is Cn1ccnc1C1(O)CCCN(Cc2cccs2)CC1. The molecule has 1 fully saturated rings. The number of rotatable bonds is 3. The summed E-state index contributed by atoms with van der Waals surface area (Å²) < 4.78 is 1.94. The summed E-state index contributed by atoms with van der Waals surface area (Å²) >= 11 is 1.80.